The highest BCUT2D eigenvalue weighted by Crippen LogP contribution is 2.26. The van der Waals surface area contributed by atoms with E-state index in [0.29, 0.717) is 63.6 Å². The molecule has 1 aromatic heterocycles. The molecule has 1 aliphatic heterocycles. The largest absolute Gasteiger partial charge is 0.480 e. The van der Waals surface area contributed by atoms with E-state index in [2.05, 4.69) is 27.0 Å². The lowest BCUT2D eigenvalue weighted by Crippen LogP contribution is -2.48. The number of para-hydroxylation sites is 1. The molecule has 5 N–H and O–H groups in total. The van der Waals surface area contributed by atoms with Crippen molar-refractivity contribution in [1.29, 1.82) is 16.2 Å². The number of Topliss-reactive ketones (excluding diaryl/α,β-unsaturated/α-hetero) is 1. The zero-order valence-corrected chi connectivity index (χ0v) is 24.5. The topological polar surface area (TPSA) is 173 Å². The third kappa shape index (κ3) is 9.19. The number of nitrogens with one attached hydrogen (secondary N) is 4. The van der Waals surface area contributed by atoms with Gasteiger partial charge < -0.3 is 24.8 Å². The van der Waals surface area contributed by atoms with E-state index in [1.807, 2.05) is 38.2 Å². The van der Waals surface area contributed by atoms with Crippen molar-refractivity contribution < 1.29 is 24.2 Å². The van der Waals surface area contributed by atoms with Crippen molar-refractivity contribution in [3.8, 4) is 17.7 Å². The van der Waals surface area contributed by atoms with E-state index >= 15 is 0 Å². The first kappa shape index (κ1) is 32.4. The Balaban J connectivity index is 1.73. The average Bonchev–Trinajstić information content (AvgIpc) is 2.98. The summed E-state index contributed by atoms with van der Waals surface area (Å²) in [7, 11) is 3.38. The van der Waals surface area contributed by atoms with E-state index in [1.165, 1.54) is 7.11 Å². The predicted molar refractivity (Wildman–Crippen MR) is 161 cm³/mol. The fourth-order valence-electron chi connectivity index (χ4n) is 4.53. The van der Waals surface area contributed by atoms with Gasteiger partial charge in [-0.1, -0.05) is 31.0 Å². The number of likely N-dealkylation sites (tertiary alicyclic amines) is 1. The highest BCUT2D eigenvalue weighted by atomic mass is 16.5. The molecule has 1 aliphatic rings. The predicted octanol–water partition coefficient (Wildman–Crippen LogP) is 3.46. The number of ketones is 1. The molecule has 11 heteroatoms. The molecular weight excluding hydrogens is 536 g/mol. The number of amides is 1. The Bertz CT molecular complexity index is 1390. The number of methoxy groups -OCH3 is 1. The number of piperidine rings is 1. The summed E-state index contributed by atoms with van der Waals surface area (Å²) in [5.41, 5.74) is -0.585. The lowest BCUT2D eigenvalue weighted by atomic mass is 9.86. The number of pyridine rings is 1. The number of ether oxygens (including phenoxy) is 2. The maximum Gasteiger partial charge on any atom is 0.266 e. The van der Waals surface area contributed by atoms with Crippen LogP contribution in [0.2, 0.25) is 0 Å². The second-order valence-electron chi connectivity index (χ2n) is 10.5. The Morgan fingerprint density at radius 3 is 2.60 bits per heavy atom. The van der Waals surface area contributed by atoms with Crippen LogP contribution in [0.15, 0.2) is 30.3 Å². The fourth-order valence-corrected chi connectivity index (χ4v) is 4.53. The molecule has 11 nitrogen and oxygen atoms in total. The zero-order valence-electron chi connectivity index (χ0n) is 24.5. The van der Waals surface area contributed by atoms with E-state index in [0.717, 1.165) is 5.39 Å². The van der Waals surface area contributed by atoms with Crippen LogP contribution in [0.1, 0.15) is 63.9 Å². The highest BCUT2D eigenvalue weighted by molar-refractivity contribution is 6.38. The van der Waals surface area contributed by atoms with Crippen molar-refractivity contribution in [3.05, 3.63) is 35.9 Å². The molecule has 1 aromatic carbocycles. The number of hydrogen-bond donors (Lipinski definition) is 5. The standard InChI is InChI=1S/C31H40N6O5/c1-4-22(38)12-7-5-6-8-14-26(35-29(39)24(32)20-31(40)15-17-37(2)18-16-31)28(34)42-27(33)23-19-21-11-9-10-13-25(21)36-30(23)41-3/h9-11,13,19,26,32-34,40H,4-7,12,15-18,20H2,1-3H3,(H,35,39). The van der Waals surface area contributed by atoms with Gasteiger partial charge in [-0.05, 0) is 44.9 Å². The second-order valence-corrected chi connectivity index (χ2v) is 10.5. The zero-order chi connectivity index (χ0) is 30.7. The molecule has 1 unspecified atom stereocenters. The van der Waals surface area contributed by atoms with Crippen LogP contribution in [0.3, 0.4) is 0 Å². The molecule has 2 aromatic rings. The Morgan fingerprint density at radius 2 is 1.90 bits per heavy atom. The average molecular weight is 577 g/mol. The van der Waals surface area contributed by atoms with Crippen molar-refractivity contribution in [2.45, 2.75) is 69.9 Å². The maximum absolute atomic E-state index is 13.0. The summed E-state index contributed by atoms with van der Waals surface area (Å²) >= 11 is 0. The monoisotopic (exact) mass is 576 g/mol. The van der Waals surface area contributed by atoms with E-state index in [1.54, 1.807) is 6.07 Å². The van der Waals surface area contributed by atoms with Gasteiger partial charge in [0.2, 0.25) is 17.7 Å². The van der Waals surface area contributed by atoms with Gasteiger partial charge in [0.25, 0.3) is 5.91 Å². The number of carbonyl (C=O) groups is 2. The van der Waals surface area contributed by atoms with Crippen LogP contribution >= 0.6 is 0 Å². The minimum absolute atomic E-state index is 0.123. The molecule has 0 radical (unpaired) electrons. The molecule has 2 heterocycles. The van der Waals surface area contributed by atoms with Crippen molar-refractivity contribution in [1.82, 2.24) is 15.2 Å². The molecule has 1 atom stereocenters. The minimum atomic E-state index is -1.25. The second kappa shape index (κ2) is 15.2. The summed E-state index contributed by atoms with van der Waals surface area (Å²) in [4.78, 5) is 31.0. The number of hydrogen-bond acceptors (Lipinski definition) is 10. The third-order valence-electron chi connectivity index (χ3n) is 7.22. The van der Waals surface area contributed by atoms with E-state index in [-0.39, 0.29) is 29.4 Å². The van der Waals surface area contributed by atoms with Gasteiger partial charge in [-0.25, -0.2) is 4.98 Å². The number of rotatable bonds is 12. The van der Waals surface area contributed by atoms with Gasteiger partial charge in [0.05, 0.1) is 29.5 Å². The summed E-state index contributed by atoms with van der Waals surface area (Å²) in [5.74, 6) is 4.37. The molecular formula is C31H40N6O5. The molecule has 0 saturated carbocycles. The van der Waals surface area contributed by atoms with E-state index < -0.39 is 29.3 Å². The number of unbranched alkanes of at least 4 members (excludes halogenated alkanes) is 2. The Labute approximate surface area is 246 Å². The quantitative estimate of drug-likeness (QED) is 0.111. The van der Waals surface area contributed by atoms with Crippen LogP contribution in [0.4, 0.5) is 0 Å². The summed E-state index contributed by atoms with van der Waals surface area (Å²) in [6.07, 6.45) is 3.52. The minimum Gasteiger partial charge on any atom is -0.480 e. The maximum atomic E-state index is 13.0. The molecule has 3 rings (SSSR count). The van der Waals surface area contributed by atoms with Crippen LogP contribution in [0, 0.1) is 28.1 Å². The SMILES string of the molecule is CCC(=O)CCCCC#CC(NC(=O)C(=N)CC1(O)CCN(C)CC1)C(=N)OC(=N)c1cc2ccccc2nc1OC. The number of aromatic nitrogens is 1. The van der Waals surface area contributed by atoms with Gasteiger partial charge in [0.1, 0.15) is 5.78 Å². The van der Waals surface area contributed by atoms with Crippen molar-refractivity contribution in [2.24, 2.45) is 0 Å². The Hall–Kier alpha value is -4.14. The van der Waals surface area contributed by atoms with Crippen molar-refractivity contribution >= 4 is 40.1 Å². The van der Waals surface area contributed by atoms with Gasteiger partial charge in [0.15, 0.2) is 6.04 Å². The Morgan fingerprint density at radius 1 is 1.19 bits per heavy atom. The molecule has 1 fully saturated rings. The Kier molecular flexibility index (Phi) is 11.7. The first-order valence-corrected chi connectivity index (χ1v) is 14.1. The number of aliphatic hydroxyl groups is 1. The van der Waals surface area contributed by atoms with Crippen LogP contribution < -0.4 is 10.1 Å². The van der Waals surface area contributed by atoms with Gasteiger partial charge >= 0.3 is 0 Å². The number of carbonyl (C=O) groups excluding carboxylic acids is 2. The molecule has 1 amide bonds. The fraction of sp³-hybridized carbons (Fsp3) is 0.484. The van der Waals surface area contributed by atoms with Crippen LogP contribution in [-0.2, 0) is 14.3 Å². The van der Waals surface area contributed by atoms with Crippen molar-refractivity contribution in [2.75, 3.05) is 27.2 Å². The van der Waals surface area contributed by atoms with Crippen LogP contribution in [0.25, 0.3) is 10.9 Å². The molecule has 224 valence electrons. The van der Waals surface area contributed by atoms with Gasteiger partial charge in [-0.2, -0.15) is 0 Å². The smallest absolute Gasteiger partial charge is 0.266 e. The normalized spacial score (nSPS) is 15.1. The summed E-state index contributed by atoms with van der Waals surface area (Å²) in [5, 5.41) is 39.6. The molecule has 1 saturated heterocycles. The summed E-state index contributed by atoms with van der Waals surface area (Å²) < 4.78 is 10.9. The van der Waals surface area contributed by atoms with E-state index in [4.69, 9.17) is 25.7 Å². The van der Waals surface area contributed by atoms with Crippen LogP contribution in [0.5, 0.6) is 5.88 Å². The number of nitrogens with zero attached hydrogens (tertiary/aromatic N) is 2. The summed E-state index contributed by atoms with van der Waals surface area (Å²) in [6, 6.07) is 7.74. The van der Waals surface area contributed by atoms with Gasteiger partial charge in [-0.15, -0.1) is 5.92 Å². The first-order valence-electron chi connectivity index (χ1n) is 14.1. The highest BCUT2D eigenvalue weighted by Gasteiger charge is 2.34. The van der Waals surface area contributed by atoms with Gasteiger partial charge in [0, 0.05) is 44.2 Å². The van der Waals surface area contributed by atoms with Gasteiger partial charge in [-0.3, -0.25) is 25.8 Å². The van der Waals surface area contributed by atoms with Crippen LogP contribution in [-0.4, -0.2) is 83.1 Å². The van der Waals surface area contributed by atoms with E-state index in [9.17, 15) is 14.7 Å². The lowest BCUT2D eigenvalue weighted by Gasteiger charge is -2.36. The lowest BCUT2D eigenvalue weighted by molar-refractivity contribution is -0.119. The molecule has 0 bridgehead atoms. The van der Waals surface area contributed by atoms with Crippen molar-refractivity contribution in [3.63, 3.8) is 0 Å². The first-order chi connectivity index (χ1) is 20.0. The number of fused-ring (bicyclic) bond motifs is 1. The summed E-state index contributed by atoms with van der Waals surface area (Å²) in [6.45, 7) is 3.15. The molecule has 0 aliphatic carbocycles. The third-order valence-corrected chi connectivity index (χ3v) is 7.22. The molecule has 0 spiro atoms. The molecule has 42 heavy (non-hydrogen) atoms. The number of benzene rings is 1.